The molecule has 1 aromatic heterocycles. The quantitative estimate of drug-likeness (QED) is 0.453. The Bertz CT molecular complexity index is 155. The predicted molar refractivity (Wildman–Crippen MR) is 34.5 cm³/mol. The van der Waals surface area contributed by atoms with E-state index < -0.39 is 0 Å². The summed E-state index contributed by atoms with van der Waals surface area (Å²) >= 11 is 0. The topological polar surface area (TPSA) is 80.7 Å². The second kappa shape index (κ2) is 2.61. The standard InChI is InChI=1S/C5H10N4/c6-4(7)3-5-8-1-2-9-5/h1-2,4H,3,6-7H2,(H,8,9). The van der Waals surface area contributed by atoms with Gasteiger partial charge in [-0.1, -0.05) is 0 Å². The van der Waals surface area contributed by atoms with Gasteiger partial charge in [0.15, 0.2) is 0 Å². The largest absolute Gasteiger partial charge is 0.349 e. The molecule has 1 rings (SSSR count). The number of nitrogens with two attached hydrogens (primary N) is 2. The van der Waals surface area contributed by atoms with Gasteiger partial charge in [-0.2, -0.15) is 0 Å². The van der Waals surface area contributed by atoms with E-state index in [1.54, 1.807) is 12.4 Å². The molecule has 0 saturated carbocycles. The summed E-state index contributed by atoms with van der Waals surface area (Å²) in [6.45, 7) is 0. The minimum atomic E-state index is -0.309. The van der Waals surface area contributed by atoms with Crippen LogP contribution in [0.25, 0.3) is 0 Å². The lowest BCUT2D eigenvalue weighted by Crippen LogP contribution is -2.32. The van der Waals surface area contributed by atoms with Crippen molar-refractivity contribution in [2.45, 2.75) is 12.6 Å². The summed E-state index contributed by atoms with van der Waals surface area (Å²) in [5.41, 5.74) is 10.6. The summed E-state index contributed by atoms with van der Waals surface area (Å²) in [5, 5.41) is 0. The van der Waals surface area contributed by atoms with Crippen LogP contribution in [0.2, 0.25) is 0 Å². The fourth-order valence-electron chi connectivity index (χ4n) is 0.633. The lowest BCUT2D eigenvalue weighted by molar-refractivity contribution is 0.679. The number of imidazole rings is 1. The van der Waals surface area contributed by atoms with Crippen molar-refractivity contribution < 1.29 is 0 Å². The smallest absolute Gasteiger partial charge is 0.108 e. The van der Waals surface area contributed by atoms with Crippen molar-refractivity contribution in [2.24, 2.45) is 11.5 Å². The maximum atomic E-state index is 5.30. The first-order valence-electron chi connectivity index (χ1n) is 2.78. The molecular weight excluding hydrogens is 116 g/mol. The van der Waals surface area contributed by atoms with Gasteiger partial charge in [0.05, 0.1) is 6.17 Å². The van der Waals surface area contributed by atoms with Crippen LogP contribution in [0.1, 0.15) is 5.82 Å². The molecule has 1 heterocycles. The zero-order valence-corrected chi connectivity index (χ0v) is 5.04. The fraction of sp³-hybridized carbons (Fsp3) is 0.400. The third-order valence-electron chi connectivity index (χ3n) is 0.984. The number of hydrogen-bond acceptors (Lipinski definition) is 3. The number of nitrogens with zero attached hydrogens (tertiary/aromatic N) is 1. The predicted octanol–water partition coefficient (Wildman–Crippen LogP) is -0.804. The normalized spacial score (nSPS) is 10.6. The van der Waals surface area contributed by atoms with Crippen molar-refractivity contribution in [1.29, 1.82) is 0 Å². The molecule has 4 nitrogen and oxygen atoms in total. The van der Waals surface area contributed by atoms with Gasteiger partial charge in [-0.3, -0.25) is 0 Å². The summed E-state index contributed by atoms with van der Waals surface area (Å²) in [5.74, 6) is 0.838. The van der Waals surface area contributed by atoms with Gasteiger partial charge in [0.2, 0.25) is 0 Å². The molecule has 50 valence electrons. The van der Waals surface area contributed by atoms with Crippen LogP contribution in [0.15, 0.2) is 12.4 Å². The molecule has 0 radical (unpaired) electrons. The Morgan fingerprint density at radius 3 is 2.89 bits per heavy atom. The van der Waals surface area contributed by atoms with Gasteiger partial charge in [0, 0.05) is 18.8 Å². The van der Waals surface area contributed by atoms with E-state index in [9.17, 15) is 0 Å². The second-order valence-corrected chi connectivity index (χ2v) is 1.90. The maximum absolute atomic E-state index is 5.30. The molecule has 0 aliphatic rings. The summed E-state index contributed by atoms with van der Waals surface area (Å²) in [4.78, 5) is 6.84. The van der Waals surface area contributed by atoms with Crippen molar-refractivity contribution in [2.75, 3.05) is 0 Å². The van der Waals surface area contributed by atoms with Gasteiger partial charge in [0.1, 0.15) is 5.82 Å². The number of aromatic nitrogens is 2. The Labute approximate surface area is 53.3 Å². The van der Waals surface area contributed by atoms with Crippen LogP contribution in [0.4, 0.5) is 0 Å². The Kier molecular flexibility index (Phi) is 1.81. The van der Waals surface area contributed by atoms with Crippen molar-refractivity contribution >= 4 is 0 Å². The molecule has 0 amide bonds. The highest BCUT2D eigenvalue weighted by atomic mass is 14.9. The third-order valence-corrected chi connectivity index (χ3v) is 0.984. The highest BCUT2D eigenvalue weighted by molar-refractivity contribution is 4.88. The van der Waals surface area contributed by atoms with Crippen LogP contribution >= 0.6 is 0 Å². The molecule has 4 heteroatoms. The van der Waals surface area contributed by atoms with Gasteiger partial charge < -0.3 is 16.5 Å². The van der Waals surface area contributed by atoms with Gasteiger partial charge in [0.25, 0.3) is 0 Å². The number of hydrogen-bond donors (Lipinski definition) is 3. The summed E-state index contributed by atoms with van der Waals surface area (Å²) < 4.78 is 0. The average Bonchev–Trinajstić information content (AvgIpc) is 2.15. The third kappa shape index (κ3) is 1.83. The monoisotopic (exact) mass is 126 g/mol. The molecule has 5 N–H and O–H groups in total. The molecule has 9 heavy (non-hydrogen) atoms. The molecule has 0 aliphatic heterocycles. The maximum Gasteiger partial charge on any atom is 0.108 e. The lowest BCUT2D eigenvalue weighted by Gasteiger charge is -1.99. The van der Waals surface area contributed by atoms with Crippen LogP contribution in [0.3, 0.4) is 0 Å². The first-order valence-corrected chi connectivity index (χ1v) is 2.78. The Morgan fingerprint density at radius 2 is 2.44 bits per heavy atom. The summed E-state index contributed by atoms with van der Waals surface area (Å²) in [7, 11) is 0. The molecule has 1 aromatic rings. The summed E-state index contributed by atoms with van der Waals surface area (Å²) in [6, 6.07) is 0. The number of H-pyrrole nitrogens is 1. The van der Waals surface area contributed by atoms with E-state index in [0.29, 0.717) is 6.42 Å². The van der Waals surface area contributed by atoms with Crippen LogP contribution in [-0.2, 0) is 6.42 Å². The van der Waals surface area contributed by atoms with E-state index in [1.807, 2.05) is 0 Å². The minimum Gasteiger partial charge on any atom is -0.349 e. The molecule has 0 saturated heterocycles. The van der Waals surface area contributed by atoms with Crippen molar-refractivity contribution in [3.05, 3.63) is 18.2 Å². The first-order chi connectivity index (χ1) is 4.29. The molecule has 0 aromatic carbocycles. The van der Waals surface area contributed by atoms with Crippen LogP contribution in [0.5, 0.6) is 0 Å². The molecular formula is C5H10N4. The SMILES string of the molecule is NC(N)Cc1ncc[nH]1. The van der Waals surface area contributed by atoms with Gasteiger partial charge in [-0.25, -0.2) is 4.98 Å². The number of rotatable bonds is 2. The van der Waals surface area contributed by atoms with E-state index in [0.717, 1.165) is 5.82 Å². The van der Waals surface area contributed by atoms with E-state index >= 15 is 0 Å². The van der Waals surface area contributed by atoms with Crippen molar-refractivity contribution in [3.8, 4) is 0 Å². The van der Waals surface area contributed by atoms with Crippen molar-refractivity contribution in [3.63, 3.8) is 0 Å². The van der Waals surface area contributed by atoms with Gasteiger partial charge in [-0.05, 0) is 0 Å². The zero-order valence-electron chi connectivity index (χ0n) is 5.04. The Hall–Kier alpha value is -0.870. The van der Waals surface area contributed by atoms with E-state index in [2.05, 4.69) is 9.97 Å². The molecule has 0 unspecified atom stereocenters. The lowest BCUT2D eigenvalue weighted by atomic mass is 10.3. The first kappa shape index (κ1) is 6.25. The molecule has 0 bridgehead atoms. The van der Waals surface area contributed by atoms with Gasteiger partial charge in [-0.15, -0.1) is 0 Å². The Morgan fingerprint density at radius 1 is 1.67 bits per heavy atom. The minimum absolute atomic E-state index is 0.309. The van der Waals surface area contributed by atoms with Crippen molar-refractivity contribution in [1.82, 2.24) is 9.97 Å². The highest BCUT2D eigenvalue weighted by Crippen LogP contribution is 1.88. The molecule has 0 spiro atoms. The second-order valence-electron chi connectivity index (χ2n) is 1.90. The fourth-order valence-corrected chi connectivity index (χ4v) is 0.633. The molecule has 0 fully saturated rings. The molecule has 0 atom stereocenters. The van der Waals surface area contributed by atoms with E-state index in [-0.39, 0.29) is 6.17 Å². The van der Waals surface area contributed by atoms with Crippen LogP contribution in [-0.4, -0.2) is 16.1 Å². The summed E-state index contributed by atoms with van der Waals surface area (Å²) in [6.07, 6.45) is 3.72. The zero-order chi connectivity index (χ0) is 6.69. The Balaban J connectivity index is 2.48. The average molecular weight is 126 g/mol. The van der Waals surface area contributed by atoms with Crippen LogP contribution in [0, 0.1) is 0 Å². The van der Waals surface area contributed by atoms with E-state index in [4.69, 9.17) is 11.5 Å². The highest BCUT2D eigenvalue weighted by Gasteiger charge is 1.97. The van der Waals surface area contributed by atoms with E-state index in [1.165, 1.54) is 0 Å². The molecule has 0 aliphatic carbocycles. The number of aromatic amines is 1. The number of nitrogens with one attached hydrogen (secondary N) is 1. The van der Waals surface area contributed by atoms with Crippen LogP contribution < -0.4 is 11.5 Å². The van der Waals surface area contributed by atoms with Gasteiger partial charge >= 0.3 is 0 Å².